The van der Waals surface area contributed by atoms with Crippen LogP contribution in [0.25, 0.3) is 0 Å². The first-order valence-corrected chi connectivity index (χ1v) is 10.9. The van der Waals surface area contributed by atoms with Crippen molar-refractivity contribution in [2.45, 2.75) is 40.2 Å². The van der Waals surface area contributed by atoms with Gasteiger partial charge in [0.15, 0.2) is 5.96 Å². The second-order valence-corrected chi connectivity index (χ2v) is 8.60. The van der Waals surface area contributed by atoms with Crippen molar-refractivity contribution in [3.05, 3.63) is 22.4 Å². The van der Waals surface area contributed by atoms with E-state index in [9.17, 15) is 4.79 Å². The number of piperazine rings is 1. The molecule has 1 aromatic heterocycles. The number of aliphatic imine (C=N–C) groups is 1. The lowest BCUT2D eigenvalue weighted by molar-refractivity contribution is -0.123. The van der Waals surface area contributed by atoms with Gasteiger partial charge in [-0.15, -0.1) is 35.3 Å². The standard InChI is InChI=1S/C20H35N5OS.HI/c1-5-21-20(22-14-17(4)13-18-7-6-12-27-18)25-10-8-24(9-11-25)15-19(26)23-16(2)3;/h6-7,12,16-17H,5,8-11,13-15H2,1-4H3,(H,21,22)(H,23,26);1H. The Morgan fingerprint density at radius 1 is 1.25 bits per heavy atom. The number of thiophene rings is 1. The maximum atomic E-state index is 11.9. The van der Waals surface area contributed by atoms with E-state index in [2.05, 4.69) is 51.8 Å². The third-order valence-corrected chi connectivity index (χ3v) is 5.40. The fourth-order valence-corrected chi connectivity index (χ4v) is 4.06. The predicted octanol–water partition coefficient (Wildman–Crippen LogP) is 2.65. The molecule has 0 radical (unpaired) electrons. The Morgan fingerprint density at radius 2 is 1.96 bits per heavy atom. The van der Waals surface area contributed by atoms with Crippen molar-refractivity contribution in [3.8, 4) is 0 Å². The molecule has 1 aliphatic heterocycles. The number of nitrogens with zero attached hydrogens (tertiary/aromatic N) is 3. The van der Waals surface area contributed by atoms with Crippen LogP contribution in [0.5, 0.6) is 0 Å². The molecule has 1 saturated heterocycles. The SMILES string of the molecule is CCNC(=NCC(C)Cc1cccs1)N1CCN(CC(=O)NC(C)C)CC1.I. The normalized spacial score (nSPS) is 16.6. The second-order valence-electron chi connectivity index (χ2n) is 7.57. The highest BCUT2D eigenvalue weighted by atomic mass is 127. The Morgan fingerprint density at radius 3 is 2.54 bits per heavy atom. The molecule has 1 fully saturated rings. The number of carbonyl (C=O) groups is 1. The molecular weight excluding hydrogens is 485 g/mol. The van der Waals surface area contributed by atoms with Crippen LogP contribution in [0.4, 0.5) is 0 Å². The van der Waals surface area contributed by atoms with E-state index < -0.39 is 0 Å². The summed E-state index contributed by atoms with van der Waals surface area (Å²) in [6.45, 7) is 14.1. The second kappa shape index (κ2) is 13.4. The molecule has 6 nitrogen and oxygen atoms in total. The largest absolute Gasteiger partial charge is 0.357 e. The molecule has 0 spiro atoms. The molecule has 1 amide bonds. The van der Waals surface area contributed by atoms with Crippen LogP contribution >= 0.6 is 35.3 Å². The number of hydrogen-bond donors (Lipinski definition) is 2. The molecule has 1 unspecified atom stereocenters. The number of hydrogen-bond acceptors (Lipinski definition) is 4. The van der Waals surface area contributed by atoms with Gasteiger partial charge in [-0.05, 0) is 44.6 Å². The van der Waals surface area contributed by atoms with Crippen LogP contribution < -0.4 is 10.6 Å². The van der Waals surface area contributed by atoms with Gasteiger partial charge in [0.2, 0.25) is 5.91 Å². The summed E-state index contributed by atoms with van der Waals surface area (Å²) in [4.78, 5) is 22.8. The van der Waals surface area contributed by atoms with Crippen molar-refractivity contribution < 1.29 is 4.79 Å². The van der Waals surface area contributed by atoms with Gasteiger partial charge in [-0.3, -0.25) is 14.7 Å². The topological polar surface area (TPSA) is 60.0 Å². The Hall–Kier alpha value is -0.870. The predicted molar refractivity (Wildman–Crippen MR) is 130 cm³/mol. The average Bonchev–Trinajstić information content (AvgIpc) is 3.11. The van der Waals surface area contributed by atoms with Crippen molar-refractivity contribution in [1.82, 2.24) is 20.4 Å². The molecule has 0 aromatic carbocycles. The number of carbonyl (C=O) groups excluding carboxylic acids is 1. The van der Waals surface area contributed by atoms with E-state index in [0.29, 0.717) is 12.5 Å². The summed E-state index contributed by atoms with van der Waals surface area (Å²) in [5.41, 5.74) is 0. The Labute approximate surface area is 191 Å². The van der Waals surface area contributed by atoms with Crippen molar-refractivity contribution in [3.63, 3.8) is 0 Å². The molecule has 8 heteroatoms. The molecule has 0 aliphatic carbocycles. The zero-order valence-corrected chi connectivity index (χ0v) is 20.8. The molecule has 2 rings (SSSR count). The number of nitrogens with one attached hydrogen (secondary N) is 2. The molecule has 2 heterocycles. The van der Waals surface area contributed by atoms with Gasteiger partial charge in [-0.25, -0.2) is 0 Å². The fraction of sp³-hybridized carbons (Fsp3) is 0.700. The number of guanidine groups is 1. The maximum Gasteiger partial charge on any atom is 0.234 e. The highest BCUT2D eigenvalue weighted by Crippen LogP contribution is 2.14. The van der Waals surface area contributed by atoms with Crippen LogP contribution in [-0.2, 0) is 11.2 Å². The van der Waals surface area contributed by atoms with Gasteiger partial charge in [0.1, 0.15) is 0 Å². The van der Waals surface area contributed by atoms with Crippen molar-refractivity contribution in [1.29, 1.82) is 0 Å². The first-order chi connectivity index (χ1) is 13.0. The summed E-state index contributed by atoms with van der Waals surface area (Å²) in [7, 11) is 0. The van der Waals surface area contributed by atoms with E-state index in [1.165, 1.54) is 4.88 Å². The highest BCUT2D eigenvalue weighted by molar-refractivity contribution is 14.0. The molecule has 0 bridgehead atoms. The summed E-state index contributed by atoms with van der Waals surface area (Å²) >= 11 is 1.82. The van der Waals surface area contributed by atoms with Gasteiger partial charge in [-0.1, -0.05) is 13.0 Å². The van der Waals surface area contributed by atoms with Gasteiger partial charge in [0.05, 0.1) is 6.54 Å². The molecule has 1 aromatic rings. The number of amides is 1. The Balaban J connectivity index is 0.00000392. The summed E-state index contributed by atoms with van der Waals surface area (Å²) in [5, 5.41) is 8.53. The molecule has 1 aliphatic rings. The number of rotatable bonds is 8. The lowest BCUT2D eigenvalue weighted by atomic mass is 10.1. The molecule has 28 heavy (non-hydrogen) atoms. The van der Waals surface area contributed by atoms with Crippen LogP contribution in [0.2, 0.25) is 0 Å². The van der Waals surface area contributed by atoms with Crippen LogP contribution in [0.3, 0.4) is 0 Å². The Kier molecular flexibility index (Phi) is 12.0. The quantitative estimate of drug-likeness (QED) is 0.314. The van der Waals surface area contributed by atoms with Gasteiger partial charge in [0.25, 0.3) is 0 Å². The van der Waals surface area contributed by atoms with E-state index in [0.717, 1.165) is 51.6 Å². The monoisotopic (exact) mass is 521 g/mol. The molecular formula is C20H36IN5OS. The number of halogens is 1. The minimum atomic E-state index is 0. The van der Waals surface area contributed by atoms with Crippen LogP contribution in [-0.4, -0.2) is 73.5 Å². The van der Waals surface area contributed by atoms with Gasteiger partial charge >= 0.3 is 0 Å². The third-order valence-electron chi connectivity index (χ3n) is 4.51. The van der Waals surface area contributed by atoms with Crippen LogP contribution in [0.15, 0.2) is 22.5 Å². The molecule has 1 atom stereocenters. The van der Waals surface area contributed by atoms with Crippen molar-refractivity contribution in [2.75, 3.05) is 45.8 Å². The van der Waals surface area contributed by atoms with Crippen LogP contribution in [0.1, 0.15) is 32.6 Å². The van der Waals surface area contributed by atoms with E-state index in [-0.39, 0.29) is 35.9 Å². The first-order valence-electron chi connectivity index (χ1n) is 10.0. The zero-order chi connectivity index (χ0) is 19.6. The summed E-state index contributed by atoms with van der Waals surface area (Å²) in [5.74, 6) is 1.64. The first kappa shape index (κ1) is 25.2. The smallest absolute Gasteiger partial charge is 0.234 e. The van der Waals surface area contributed by atoms with E-state index >= 15 is 0 Å². The molecule has 160 valence electrons. The van der Waals surface area contributed by atoms with E-state index in [1.54, 1.807) is 0 Å². The van der Waals surface area contributed by atoms with Crippen LogP contribution in [0, 0.1) is 5.92 Å². The summed E-state index contributed by atoms with van der Waals surface area (Å²) in [6, 6.07) is 4.51. The lowest BCUT2D eigenvalue weighted by Crippen LogP contribution is -2.54. The molecule has 0 saturated carbocycles. The van der Waals surface area contributed by atoms with Gasteiger partial charge < -0.3 is 15.5 Å². The summed E-state index contributed by atoms with van der Waals surface area (Å²) in [6.07, 6.45) is 1.08. The highest BCUT2D eigenvalue weighted by Gasteiger charge is 2.21. The Bertz CT molecular complexity index is 585. The molecule has 2 N–H and O–H groups in total. The maximum absolute atomic E-state index is 11.9. The van der Waals surface area contributed by atoms with Gasteiger partial charge in [0, 0.05) is 50.2 Å². The van der Waals surface area contributed by atoms with Crippen molar-refractivity contribution in [2.24, 2.45) is 10.9 Å². The minimum Gasteiger partial charge on any atom is -0.357 e. The lowest BCUT2D eigenvalue weighted by Gasteiger charge is -2.36. The zero-order valence-electron chi connectivity index (χ0n) is 17.6. The van der Waals surface area contributed by atoms with E-state index in [1.807, 2.05) is 25.2 Å². The van der Waals surface area contributed by atoms with Crippen molar-refractivity contribution >= 4 is 47.2 Å². The third kappa shape index (κ3) is 9.09. The summed E-state index contributed by atoms with van der Waals surface area (Å²) < 4.78 is 0. The van der Waals surface area contributed by atoms with E-state index in [4.69, 9.17) is 4.99 Å². The minimum absolute atomic E-state index is 0. The fourth-order valence-electron chi connectivity index (χ4n) is 3.19. The average molecular weight is 522 g/mol. The van der Waals surface area contributed by atoms with Gasteiger partial charge in [-0.2, -0.15) is 0 Å².